The molecule has 0 saturated carbocycles. The first-order valence-electron chi connectivity index (χ1n) is 6.29. The van der Waals surface area contributed by atoms with E-state index in [9.17, 15) is 19.7 Å². The molecule has 11 heteroatoms. The number of para-hydroxylation sites is 1. The Morgan fingerprint density at radius 1 is 1.12 bits per heavy atom. The van der Waals surface area contributed by atoms with Crippen molar-refractivity contribution >= 4 is 50.8 Å². The van der Waals surface area contributed by atoms with Crippen LogP contribution < -0.4 is 16.2 Å². The molecule has 1 aromatic carbocycles. The first-order valence-corrected chi connectivity index (χ1v) is 7.49. The maximum absolute atomic E-state index is 12.0. The summed E-state index contributed by atoms with van der Waals surface area (Å²) in [5.41, 5.74) is 3.94. The van der Waals surface area contributed by atoms with E-state index in [1.165, 1.54) is 36.4 Å². The highest BCUT2D eigenvalue weighted by Gasteiger charge is 2.19. The van der Waals surface area contributed by atoms with Crippen LogP contribution >= 0.6 is 28.1 Å². The molecule has 0 atom stereocenters. The normalized spacial score (nSPS) is 9.88. The largest absolute Gasteiger partial charge is 0.444 e. The molecule has 0 aliphatic rings. The Kier molecular flexibility index (Phi) is 5.60. The predicted octanol–water partition coefficient (Wildman–Crippen LogP) is 1.90. The fraction of sp³-hybridized carbons (Fsp3) is 0. The Bertz CT molecular complexity index is 822. The Hall–Kier alpha value is -2.79. The van der Waals surface area contributed by atoms with Crippen LogP contribution in [0.2, 0.25) is 0 Å². The van der Waals surface area contributed by atoms with Crippen molar-refractivity contribution in [3.05, 3.63) is 62.5 Å². The summed E-state index contributed by atoms with van der Waals surface area (Å²) < 4.78 is 5.41. The lowest BCUT2D eigenvalue weighted by Crippen LogP contribution is -2.48. The fourth-order valence-electron chi connectivity index (χ4n) is 1.64. The van der Waals surface area contributed by atoms with Crippen molar-refractivity contribution in [3.63, 3.8) is 0 Å². The third kappa shape index (κ3) is 4.36. The number of hydrogen-bond acceptors (Lipinski definition) is 6. The van der Waals surface area contributed by atoms with Crippen LogP contribution in [0.15, 0.2) is 45.5 Å². The van der Waals surface area contributed by atoms with Crippen LogP contribution in [0.4, 0.5) is 5.69 Å². The molecule has 0 aliphatic heterocycles. The van der Waals surface area contributed by atoms with Gasteiger partial charge >= 0.3 is 0 Å². The molecule has 2 rings (SSSR count). The van der Waals surface area contributed by atoms with E-state index >= 15 is 0 Å². The van der Waals surface area contributed by atoms with Crippen molar-refractivity contribution in [3.8, 4) is 0 Å². The molecule has 0 bridgehead atoms. The van der Waals surface area contributed by atoms with Gasteiger partial charge in [0, 0.05) is 6.07 Å². The molecule has 24 heavy (non-hydrogen) atoms. The quantitative estimate of drug-likeness (QED) is 0.399. The number of hydrazine groups is 1. The number of nitrogens with zero attached hydrogens (tertiary/aromatic N) is 1. The van der Waals surface area contributed by atoms with Crippen molar-refractivity contribution in [2.75, 3.05) is 0 Å². The second kappa shape index (κ2) is 7.66. The summed E-state index contributed by atoms with van der Waals surface area (Å²) in [4.78, 5) is 33.9. The number of rotatable bonds is 3. The Morgan fingerprint density at radius 2 is 1.83 bits per heavy atom. The third-order valence-electron chi connectivity index (χ3n) is 2.66. The van der Waals surface area contributed by atoms with Crippen LogP contribution in [0.5, 0.6) is 0 Å². The van der Waals surface area contributed by atoms with Gasteiger partial charge in [-0.1, -0.05) is 12.1 Å². The number of thiocarbonyl (C=S) groups is 1. The number of benzene rings is 1. The van der Waals surface area contributed by atoms with Gasteiger partial charge in [0.15, 0.2) is 15.5 Å². The number of furan rings is 1. The molecule has 1 heterocycles. The number of nitro groups is 1. The van der Waals surface area contributed by atoms with Crippen molar-refractivity contribution in [2.24, 2.45) is 0 Å². The van der Waals surface area contributed by atoms with Gasteiger partial charge in [-0.25, -0.2) is 0 Å². The summed E-state index contributed by atoms with van der Waals surface area (Å²) in [5.74, 6) is -1.39. The van der Waals surface area contributed by atoms with Crippen molar-refractivity contribution < 1.29 is 18.9 Å². The standard InChI is InChI=1S/C13H9BrN4O5S/c14-10-6-5-9(23-10)12(20)15-13(24)17-16-11(19)7-3-1-2-4-8(7)18(21)22/h1-6H,(H,16,19)(H2,15,17,20,24). The molecule has 2 amide bonds. The van der Waals surface area contributed by atoms with Crippen molar-refractivity contribution in [1.29, 1.82) is 0 Å². The molecule has 0 unspecified atom stereocenters. The zero-order valence-electron chi connectivity index (χ0n) is 11.7. The first-order chi connectivity index (χ1) is 11.4. The Labute approximate surface area is 148 Å². The van der Waals surface area contributed by atoms with Crippen LogP contribution in [0.3, 0.4) is 0 Å². The summed E-state index contributed by atoms with van der Waals surface area (Å²) in [6, 6.07) is 8.36. The van der Waals surface area contributed by atoms with Gasteiger partial charge in [-0.15, -0.1) is 0 Å². The Balaban J connectivity index is 1.93. The highest BCUT2D eigenvalue weighted by molar-refractivity contribution is 9.10. The SMILES string of the molecule is O=C(NC(=S)NNC(=O)c1ccccc1[N+](=O)[O-])c1ccc(Br)o1. The van der Waals surface area contributed by atoms with Crippen molar-refractivity contribution in [2.45, 2.75) is 0 Å². The zero-order chi connectivity index (χ0) is 17.7. The summed E-state index contributed by atoms with van der Waals surface area (Å²) in [6.07, 6.45) is 0. The average molecular weight is 413 g/mol. The summed E-state index contributed by atoms with van der Waals surface area (Å²) in [6.45, 7) is 0. The number of nitrogens with one attached hydrogen (secondary N) is 3. The Morgan fingerprint density at radius 3 is 2.46 bits per heavy atom. The van der Waals surface area contributed by atoms with E-state index in [0.29, 0.717) is 4.67 Å². The number of amides is 2. The lowest BCUT2D eigenvalue weighted by Gasteiger charge is -2.10. The van der Waals surface area contributed by atoms with Gasteiger partial charge in [0.2, 0.25) is 0 Å². The smallest absolute Gasteiger partial charge is 0.293 e. The van der Waals surface area contributed by atoms with E-state index in [0.717, 1.165) is 0 Å². The molecule has 0 aliphatic carbocycles. The first kappa shape index (κ1) is 17.6. The van der Waals surface area contributed by atoms with Crippen LogP contribution in [0, 0.1) is 10.1 Å². The second-order valence-corrected chi connectivity index (χ2v) is 5.43. The number of carbonyl (C=O) groups excluding carboxylic acids is 2. The van der Waals surface area contributed by atoms with Crippen LogP contribution in [-0.2, 0) is 0 Å². The number of carbonyl (C=O) groups is 2. The average Bonchev–Trinajstić information content (AvgIpc) is 2.99. The fourth-order valence-corrected chi connectivity index (χ4v) is 2.09. The topological polar surface area (TPSA) is 127 Å². The number of halogens is 1. The maximum atomic E-state index is 12.0. The summed E-state index contributed by atoms with van der Waals surface area (Å²) in [7, 11) is 0. The highest BCUT2D eigenvalue weighted by Crippen LogP contribution is 2.17. The molecule has 0 radical (unpaired) electrons. The summed E-state index contributed by atoms with van der Waals surface area (Å²) >= 11 is 7.90. The van der Waals surface area contributed by atoms with Crippen LogP contribution in [0.25, 0.3) is 0 Å². The van der Waals surface area contributed by atoms with E-state index in [-0.39, 0.29) is 22.1 Å². The third-order valence-corrected chi connectivity index (χ3v) is 3.29. The van der Waals surface area contributed by atoms with E-state index in [1.54, 1.807) is 0 Å². The van der Waals surface area contributed by atoms with E-state index in [4.69, 9.17) is 16.6 Å². The molecule has 0 fully saturated rings. The van der Waals surface area contributed by atoms with Gasteiger partial charge < -0.3 is 4.42 Å². The molecular formula is C13H9BrN4O5S. The monoisotopic (exact) mass is 412 g/mol. The number of nitro benzene ring substituents is 1. The molecule has 0 saturated heterocycles. The van der Waals surface area contributed by atoms with E-state index < -0.39 is 16.7 Å². The molecule has 9 nitrogen and oxygen atoms in total. The molecule has 3 N–H and O–H groups in total. The molecular weight excluding hydrogens is 404 g/mol. The van der Waals surface area contributed by atoms with Gasteiger partial charge in [-0.05, 0) is 46.3 Å². The molecule has 124 valence electrons. The molecule has 0 spiro atoms. The van der Waals surface area contributed by atoms with Gasteiger partial charge in [-0.2, -0.15) is 0 Å². The summed E-state index contributed by atoms with van der Waals surface area (Å²) in [5, 5.41) is 12.9. The minimum absolute atomic E-state index is 0.0102. The maximum Gasteiger partial charge on any atom is 0.293 e. The zero-order valence-corrected chi connectivity index (χ0v) is 14.1. The highest BCUT2D eigenvalue weighted by atomic mass is 79.9. The van der Waals surface area contributed by atoms with Crippen LogP contribution in [-0.4, -0.2) is 21.9 Å². The van der Waals surface area contributed by atoms with E-state index in [2.05, 4.69) is 32.1 Å². The van der Waals surface area contributed by atoms with Gasteiger partial charge in [0.25, 0.3) is 17.5 Å². The minimum atomic E-state index is -0.778. The predicted molar refractivity (Wildman–Crippen MR) is 90.2 cm³/mol. The minimum Gasteiger partial charge on any atom is -0.444 e. The lowest BCUT2D eigenvalue weighted by atomic mass is 10.2. The lowest BCUT2D eigenvalue weighted by molar-refractivity contribution is -0.385. The van der Waals surface area contributed by atoms with Crippen molar-refractivity contribution in [1.82, 2.24) is 16.2 Å². The second-order valence-electron chi connectivity index (χ2n) is 4.24. The van der Waals surface area contributed by atoms with E-state index in [1.807, 2.05) is 0 Å². The van der Waals surface area contributed by atoms with Gasteiger partial charge in [0.1, 0.15) is 5.56 Å². The molecule has 2 aromatic rings. The number of hydrogen-bond donors (Lipinski definition) is 3. The van der Waals surface area contributed by atoms with Gasteiger partial charge in [0.05, 0.1) is 4.92 Å². The molecule has 1 aromatic heterocycles. The van der Waals surface area contributed by atoms with Gasteiger partial charge in [-0.3, -0.25) is 35.9 Å². The van der Waals surface area contributed by atoms with Crippen LogP contribution in [0.1, 0.15) is 20.9 Å².